The number of benzene rings is 1. The number of aryl methyl sites for hydroxylation is 1. The van der Waals surface area contributed by atoms with Gasteiger partial charge in [-0.2, -0.15) is 0 Å². The Kier molecular flexibility index (Phi) is 7.03. The van der Waals surface area contributed by atoms with Crippen LogP contribution in [0.3, 0.4) is 0 Å². The second-order valence-corrected chi connectivity index (χ2v) is 5.35. The third kappa shape index (κ3) is 4.50. The van der Waals surface area contributed by atoms with Crippen LogP contribution in [0.5, 0.6) is 0 Å². The van der Waals surface area contributed by atoms with Crippen LogP contribution in [0.1, 0.15) is 36.8 Å². The lowest BCUT2D eigenvalue weighted by atomic mass is 9.92. The van der Waals surface area contributed by atoms with E-state index in [1.54, 1.807) is 0 Å². The van der Waals surface area contributed by atoms with Crippen LogP contribution in [-0.4, -0.2) is 37.0 Å². The minimum absolute atomic E-state index is 0. The van der Waals surface area contributed by atoms with Crippen LogP contribution in [0.15, 0.2) is 24.3 Å². The van der Waals surface area contributed by atoms with Crippen molar-refractivity contribution in [1.82, 2.24) is 10.2 Å². The first-order chi connectivity index (χ1) is 9.20. The largest absolute Gasteiger partial charge is 0.340 e. The number of carbonyl (C=O) groups excluding carboxylic acids is 1. The number of nitrogens with one attached hydrogen (secondary N) is 1. The molecule has 1 N–H and O–H groups in total. The van der Waals surface area contributed by atoms with Crippen molar-refractivity contribution in [2.24, 2.45) is 0 Å². The molecule has 112 valence electrons. The molecule has 1 fully saturated rings. The lowest BCUT2D eigenvalue weighted by Gasteiger charge is -2.29. The monoisotopic (exact) mass is 296 g/mol. The zero-order chi connectivity index (χ0) is 13.7. The maximum Gasteiger partial charge on any atom is 0.223 e. The molecule has 20 heavy (non-hydrogen) atoms. The van der Waals surface area contributed by atoms with Crippen molar-refractivity contribution >= 4 is 18.3 Å². The maximum absolute atomic E-state index is 12.3. The Balaban J connectivity index is 0.00000200. The Hall–Kier alpha value is -1.06. The Bertz CT molecular complexity index is 413. The van der Waals surface area contributed by atoms with E-state index in [9.17, 15) is 4.79 Å². The van der Waals surface area contributed by atoms with Crippen molar-refractivity contribution in [2.75, 3.05) is 26.2 Å². The molecule has 1 heterocycles. The van der Waals surface area contributed by atoms with Crippen LogP contribution in [-0.2, 0) is 4.79 Å². The molecule has 3 nitrogen and oxygen atoms in total. The van der Waals surface area contributed by atoms with Crippen molar-refractivity contribution in [1.29, 1.82) is 0 Å². The number of nitrogens with zero attached hydrogens (tertiary/aromatic N) is 1. The molecule has 1 aromatic rings. The summed E-state index contributed by atoms with van der Waals surface area (Å²) in [6.45, 7) is 7.80. The summed E-state index contributed by atoms with van der Waals surface area (Å²) in [5.41, 5.74) is 2.56. The molecule has 1 aliphatic rings. The summed E-state index contributed by atoms with van der Waals surface area (Å²) in [7, 11) is 0. The average molecular weight is 297 g/mol. The van der Waals surface area contributed by atoms with Gasteiger partial charge in [0.2, 0.25) is 5.91 Å². The molecule has 1 unspecified atom stereocenters. The first-order valence-corrected chi connectivity index (χ1v) is 7.25. The molecule has 0 aliphatic carbocycles. The van der Waals surface area contributed by atoms with Crippen LogP contribution < -0.4 is 5.32 Å². The molecule has 0 bridgehead atoms. The maximum atomic E-state index is 12.3. The standard InChI is InChI=1S/C16H24N2O.ClH/c1-3-14(15-6-4-13(2)5-7-15)12-16(19)18-10-8-17-9-11-18;/h4-7,14,17H,3,8-12H2,1-2H3;1H. The van der Waals surface area contributed by atoms with Gasteiger partial charge in [0.25, 0.3) is 0 Å². The molecule has 0 radical (unpaired) electrons. The van der Waals surface area contributed by atoms with E-state index in [2.05, 4.69) is 43.4 Å². The number of rotatable bonds is 4. The van der Waals surface area contributed by atoms with Gasteiger partial charge in [0.15, 0.2) is 0 Å². The number of carbonyl (C=O) groups is 1. The van der Waals surface area contributed by atoms with Gasteiger partial charge in [0.05, 0.1) is 0 Å². The fourth-order valence-corrected chi connectivity index (χ4v) is 2.59. The first-order valence-electron chi connectivity index (χ1n) is 7.25. The van der Waals surface area contributed by atoms with Crippen LogP contribution in [0.2, 0.25) is 0 Å². The molecule has 0 spiro atoms. The minimum Gasteiger partial charge on any atom is -0.340 e. The van der Waals surface area contributed by atoms with Crippen LogP contribution >= 0.6 is 12.4 Å². The molecule has 1 amide bonds. The van der Waals surface area contributed by atoms with E-state index in [4.69, 9.17) is 0 Å². The van der Waals surface area contributed by atoms with Crippen molar-refractivity contribution in [3.63, 3.8) is 0 Å². The van der Waals surface area contributed by atoms with E-state index in [1.807, 2.05) is 4.90 Å². The predicted octanol–water partition coefficient (Wildman–Crippen LogP) is 2.73. The van der Waals surface area contributed by atoms with Crippen molar-refractivity contribution in [2.45, 2.75) is 32.6 Å². The fraction of sp³-hybridized carbons (Fsp3) is 0.562. The summed E-state index contributed by atoms with van der Waals surface area (Å²) in [6.07, 6.45) is 1.65. The van der Waals surface area contributed by atoms with E-state index in [-0.39, 0.29) is 12.4 Å². The highest BCUT2D eigenvalue weighted by atomic mass is 35.5. The number of hydrogen-bond acceptors (Lipinski definition) is 2. The minimum atomic E-state index is 0. The van der Waals surface area contributed by atoms with Gasteiger partial charge in [0.1, 0.15) is 0 Å². The zero-order valence-corrected chi connectivity index (χ0v) is 13.2. The van der Waals surface area contributed by atoms with Gasteiger partial charge in [-0.1, -0.05) is 36.8 Å². The van der Waals surface area contributed by atoms with E-state index in [0.717, 1.165) is 32.6 Å². The highest BCUT2D eigenvalue weighted by Gasteiger charge is 2.20. The normalized spacial score (nSPS) is 16.4. The third-order valence-electron chi connectivity index (χ3n) is 3.93. The molecular weight excluding hydrogens is 272 g/mol. The van der Waals surface area contributed by atoms with Gasteiger partial charge >= 0.3 is 0 Å². The topological polar surface area (TPSA) is 32.3 Å². The van der Waals surface area contributed by atoms with E-state index >= 15 is 0 Å². The number of amides is 1. The molecule has 1 saturated heterocycles. The second kappa shape index (κ2) is 8.28. The van der Waals surface area contributed by atoms with E-state index < -0.39 is 0 Å². The van der Waals surface area contributed by atoms with Crippen molar-refractivity contribution in [3.8, 4) is 0 Å². The summed E-state index contributed by atoms with van der Waals surface area (Å²) in [6, 6.07) is 8.59. The Morgan fingerprint density at radius 3 is 2.40 bits per heavy atom. The van der Waals surface area contributed by atoms with Gasteiger partial charge < -0.3 is 10.2 Å². The summed E-state index contributed by atoms with van der Waals surface area (Å²) in [4.78, 5) is 14.3. The summed E-state index contributed by atoms with van der Waals surface area (Å²) in [5.74, 6) is 0.650. The smallest absolute Gasteiger partial charge is 0.223 e. The second-order valence-electron chi connectivity index (χ2n) is 5.35. The number of hydrogen-bond donors (Lipinski definition) is 1. The van der Waals surface area contributed by atoms with Gasteiger partial charge in [-0.3, -0.25) is 4.79 Å². The van der Waals surface area contributed by atoms with Crippen LogP contribution in [0, 0.1) is 6.92 Å². The number of halogens is 1. The quantitative estimate of drug-likeness (QED) is 0.926. The molecule has 0 saturated carbocycles. The first kappa shape index (κ1) is 17.0. The van der Waals surface area contributed by atoms with E-state index in [1.165, 1.54) is 11.1 Å². The molecule has 2 rings (SSSR count). The van der Waals surface area contributed by atoms with Crippen LogP contribution in [0.4, 0.5) is 0 Å². The lowest BCUT2D eigenvalue weighted by Crippen LogP contribution is -2.46. The predicted molar refractivity (Wildman–Crippen MR) is 85.5 cm³/mol. The highest BCUT2D eigenvalue weighted by molar-refractivity contribution is 5.85. The van der Waals surface area contributed by atoms with Gasteiger partial charge in [-0.25, -0.2) is 0 Å². The highest BCUT2D eigenvalue weighted by Crippen LogP contribution is 2.24. The molecule has 0 aromatic heterocycles. The molecule has 1 aliphatic heterocycles. The van der Waals surface area contributed by atoms with Crippen molar-refractivity contribution in [3.05, 3.63) is 35.4 Å². The van der Waals surface area contributed by atoms with Gasteiger partial charge in [-0.05, 0) is 24.8 Å². The van der Waals surface area contributed by atoms with Gasteiger partial charge in [-0.15, -0.1) is 12.4 Å². The van der Waals surface area contributed by atoms with Crippen LogP contribution in [0.25, 0.3) is 0 Å². The Morgan fingerprint density at radius 2 is 1.85 bits per heavy atom. The molecule has 4 heteroatoms. The Morgan fingerprint density at radius 1 is 1.25 bits per heavy atom. The molecule has 1 atom stereocenters. The summed E-state index contributed by atoms with van der Waals surface area (Å²) < 4.78 is 0. The average Bonchev–Trinajstić information content (AvgIpc) is 2.46. The number of piperazine rings is 1. The third-order valence-corrected chi connectivity index (χ3v) is 3.93. The Labute approximate surface area is 128 Å². The molecule has 1 aromatic carbocycles. The summed E-state index contributed by atoms with van der Waals surface area (Å²) >= 11 is 0. The molecular formula is C16H25ClN2O. The summed E-state index contributed by atoms with van der Waals surface area (Å²) in [5, 5.41) is 3.28. The fourth-order valence-electron chi connectivity index (χ4n) is 2.59. The zero-order valence-electron chi connectivity index (χ0n) is 12.4. The lowest BCUT2D eigenvalue weighted by molar-refractivity contribution is -0.132. The van der Waals surface area contributed by atoms with Crippen molar-refractivity contribution < 1.29 is 4.79 Å². The van der Waals surface area contributed by atoms with E-state index in [0.29, 0.717) is 18.2 Å². The van der Waals surface area contributed by atoms with Gasteiger partial charge in [0, 0.05) is 32.6 Å². The SMILES string of the molecule is CCC(CC(=O)N1CCNCC1)c1ccc(C)cc1.Cl.